The van der Waals surface area contributed by atoms with E-state index in [4.69, 9.17) is 5.11 Å². The monoisotopic (exact) mass is 199 g/mol. The van der Waals surface area contributed by atoms with Crippen LogP contribution in [0, 0.1) is 0 Å². The van der Waals surface area contributed by atoms with Gasteiger partial charge in [0.1, 0.15) is 5.56 Å². The number of halogens is 1. The average Bonchev–Trinajstić information content (AvgIpc) is 2.47. The van der Waals surface area contributed by atoms with Crippen LogP contribution in [0.1, 0.15) is 10.4 Å². The van der Waals surface area contributed by atoms with Crippen LogP contribution >= 0.6 is 12.4 Å². The number of aromatic nitrogens is 3. The molecule has 68 valence electrons. The second-order valence-electron chi connectivity index (χ2n) is 2.25. The maximum Gasteiger partial charge on any atom is 0.341 e. The zero-order valence-electron chi connectivity index (χ0n) is 6.41. The summed E-state index contributed by atoms with van der Waals surface area (Å²) >= 11 is 0. The molecule has 0 aliphatic heterocycles. The van der Waals surface area contributed by atoms with E-state index in [-0.39, 0.29) is 18.0 Å². The summed E-state index contributed by atoms with van der Waals surface area (Å²) in [6, 6.07) is 1.69. The van der Waals surface area contributed by atoms with Crippen molar-refractivity contribution in [2.45, 2.75) is 0 Å². The first kappa shape index (κ1) is 9.47. The molecule has 2 aromatic heterocycles. The molecular formula is C7H6ClN3O2. The molecular weight excluding hydrogens is 194 g/mol. The molecule has 2 rings (SSSR count). The van der Waals surface area contributed by atoms with Gasteiger partial charge < -0.3 is 5.11 Å². The Labute approximate surface area is 79.4 Å². The quantitative estimate of drug-likeness (QED) is 0.740. The van der Waals surface area contributed by atoms with Gasteiger partial charge in [-0.25, -0.2) is 14.3 Å². The molecule has 1 N–H and O–H groups in total. The van der Waals surface area contributed by atoms with E-state index in [0.717, 1.165) is 0 Å². The van der Waals surface area contributed by atoms with Gasteiger partial charge in [0.15, 0.2) is 5.65 Å². The van der Waals surface area contributed by atoms with Crippen LogP contribution in [-0.4, -0.2) is 25.7 Å². The minimum Gasteiger partial charge on any atom is -0.477 e. The van der Waals surface area contributed by atoms with Gasteiger partial charge >= 0.3 is 5.97 Å². The highest BCUT2D eigenvalue weighted by Gasteiger charge is 2.10. The molecule has 0 aliphatic rings. The summed E-state index contributed by atoms with van der Waals surface area (Å²) in [6.07, 6.45) is 4.46. The molecule has 0 spiro atoms. The molecule has 5 nitrogen and oxygen atoms in total. The van der Waals surface area contributed by atoms with Crippen LogP contribution in [-0.2, 0) is 0 Å². The number of aromatic carboxylic acids is 1. The molecule has 2 heterocycles. The van der Waals surface area contributed by atoms with Crippen molar-refractivity contribution < 1.29 is 9.90 Å². The molecule has 0 aromatic carbocycles. The maximum absolute atomic E-state index is 10.6. The summed E-state index contributed by atoms with van der Waals surface area (Å²) < 4.78 is 1.42. The molecule has 13 heavy (non-hydrogen) atoms. The van der Waals surface area contributed by atoms with Crippen molar-refractivity contribution in [2.24, 2.45) is 0 Å². The van der Waals surface area contributed by atoms with Crippen LogP contribution in [0.5, 0.6) is 0 Å². The van der Waals surface area contributed by atoms with Crippen molar-refractivity contribution in [3.63, 3.8) is 0 Å². The fourth-order valence-corrected chi connectivity index (χ4v) is 0.978. The Morgan fingerprint density at radius 3 is 3.00 bits per heavy atom. The van der Waals surface area contributed by atoms with Crippen LogP contribution in [0.4, 0.5) is 0 Å². The van der Waals surface area contributed by atoms with Crippen molar-refractivity contribution >= 4 is 24.0 Å². The smallest absolute Gasteiger partial charge is 0.341 e. The topological polar surface area (TPSA) is 67.5 Å². The lowest BCUT2D eigenvalue weighted by molar-refractivity contribution is 0.0699. The zero-order valence-corrected chi connectivity index (χ0v) is 7.23. The second kappa shape index (κ2) is 3.40. The van der Waals surface area contributed by atoms with Crippen molar-refractivity contribution in [1.29, 1.82) is 0 Å². The fourth-order valence-electron chi connectivity index (χ4n) is 0.978. The average molecular weight is 200 g/mol. The van der Waals surface area contributed by atoms with Crippen LogP contribution in [0.25, 0.3) is 5.65 Å². The third-order valence-electron chi connectivity index (χ3n) is 1.51. The lowest BCUT2D eigenvalue weighted by atomic mass is 10.3. The molecule has 0 radical (unpaired) electrons. The first-order chi connectivity index (χ1) is 5.79. The lowest BCUT2D eigenvalue weighted by Gasteiger charge is -1.90. The van der Waals surface area contributed by atoms with Gasteiger partial charge in [-0.05, 0) is 6.07 Å². The number of carboxylic acid groups (broad SMARTS) is 1. The van der Waals surface area contributed by atoms with E-state index in [1.165, 1.54) is 16.9 Å². The molecule has 0 saturated carbocycles. The SMILES string of the molecule is Cl.O=C(O)c1cnn2cccnc12. The van der Waals surface area contributed by atoms with Gasteiger partial charge in [-0.3, -0.25) is 0 Å². The molecule has 0 amide bonds. The number of hydrogen-bond acceptors (Lipinski definition) is 3. The predicted molar refractivity (Wildman–Crippen MR) is 47.2 cm³/mol. The zero-order chi connectivity index (χ0) is 8.55. The Morgan fingerprint density at radius 1 is 1.54 bits per heavy atom. The van der Waals surface area contributed by atoms with E-state index < -0.39 is 5.97 Å². The van der Waals surface area contributed by atoms with Crippen molar-refractivity contribution in [3.8, 4) is 0 Å². The standard InChI is InChI=1S/C7H5N3O2.ClH/c11-7(12)5-4-9-10-3-1-2-8-6(5)10;/h1-4H,(H,11,12);1H. The van der Waals surface area contributed by atoms with E-state index in [9.17, 15) is 4.79 Å². The summed E-state index contributed by atoms with van der Waals surface area (Å²) in [5.74, 6) is -1.01. The largest absolute Gasteiger partial charge is 0.477 e. The molecule has 0 unspecified atom stereocenters. The van der Waals surface area contributed by atoms with E-state index in [1.807, 2.05) is 0 Å². The Balaban J connectivity index is 0.000000845. The van der Waals surface area contributed by atoms with E-state index in [0.29, 0.717) is 5.65 Å². The molecule has 0 aliphatic carbocycles. The van der Waals surface area contributed by atoms with Crippen molar-refractivity contribution in [1.82, 2.24) is 14.6 Å². The van der Waals surface area contributed by atoms with Gasteiger partial charge in [0.25, 0.3) is 0 Å². The van der Waals surface area contributed by atoms with E-state index in [1.54, 1.807) is 12.3 Å². The number of hydrogen-bond donors (Lipinski definition) is 1. The Bertz CT molecular complexity index is 440. The minimum atomic E-state index is -1.01. The van der Waals surface area contributed by atoms with Gasteiger partial charge in [-0.1, -0.05) is 0 Å². The van der Waals surface area contributed by atoms with Crippen LogP contribution in [0.2, 0.25) is 0 Å². The van der Waals surface area contributed by atoms with Gasteiger partial charge in [-0.15, -0.1) is 12.4 Å². The van der Waals surface area contributed by atoms with Crippen LogP contribution in [0.15, 0.2) is 24.7 Å². The molecule has 6 heteroatoms. The third-order valence-corrected chi connectivity index (χ3v) is 1.51. The van der Waals surface area contributed by atoms with Gasteiger partial charge in [-0.2, -0.15) is 5.10 Å². The predicted octanol–water partition coefficient (Wildman–Crippen LogP) is 0.849. The highest BCUT2D eigenvalue weighted by molar-refractivity contribution is 5.93. The molecule has 0 bridgehead atoms. The summed E-state index contributed by atoms with van der Waals surface area (Å²) in [7, 11) is 0. The number of nitrogens with zero attached hydrogens (tertiary/aromatic N) is 3. The summed E-state index contributed by atoms with van der Waals surface area (Å²) in [6.45, 7) is 0. The second-order valence-corrected chi connectivity index (χ2v) is 2.25. The van der Waals surface area contributed by atoms with Crippen molar-refractivity contribution in [2.75, 3.05) is 0 Å². The van der Waals surface area contributed by atoms with Crippen LogP contribution < -0.4 is 0 Å². The summed E-state index contributed by atoms with van der Waals surface area (Å²) in [5.41, 5.74) is 0.487. The third kappa shape index (κ3) is 1.46. The van der Waals surface area contributed by atoms with Gasteiger partial charge in [0.05, 0.1) is 6.20 Å². The van der Waals surface area contributed by atoms with Gasteiger partial charge in [0.2, 0.25) is 0 Å². The number of fused-ring (bicyclic) bond motifs is 1. The van der Waals surface area contributed by atoms with Crippen LogP contribution in [0.3, 0.4) is 0 Å². The summed E-state index contributed by atoms with van der Waals surface area (Å²) in [5, 5.41) is 12.5. The van der Waals surface area contributed by atoms with Gasteiger partial charge in [0, 0.05) is 12.4 Å². The first-order valence-electron chi connectivity index (χ1n) is 3.30. The summed E-state index contributed by atoms with van der Waals surface area (Å²) in [4.78, 5) is 14.5. The first-order valence-corrected chi connectivity index (χ1v) is 3.30. The minimum absolute atomic E-state index is 0. The number of rotatable bonds is 1. The Kier molecular flexibility index (Phi) is 2.48. The number of carbonyl (C=O) groups is 1. The molecule has 0 atom stereocenters. The van der Waals surface area contributed by atoms with E-state index >= 15 is 0 Å². The maximum atomic E-state index is 10.6. The van der Waals surface area contributed by atoms with Crippen molar-refractivity contribution in [3.05, 3.63) is 30.2 Å². The Morgan fingerprint density at radius 2 is 2.31 bits per heavy atom. The molecule has 0 saturated heterocycles. The lowest BCUT2D eigenvalue weighted by Crippen LogP contribution is -1.96. The molecule has 0 fully saturated rings. The Hall–Kier alpha value is -1.62. The normalized spacial score (nSPS) is 9.54. The van der Waals surface area contributed by atoms with E-state index in [2.05, 4.69) is 10.1 Å². The number of carboxylic acids is 1. The molecule has 2 aromatic rings. The highest BCUT2D eigenvalue weighted by Crippen LogP contribution is 2.05. The fraction of sp³-hybridized carbons (Fsp3) is 0. The highest BCUT2D eigenvalue weighted by atomic mass is 35.5.